The Morgan fingerprint density at radius 2 is 1.73 bits per heavy atom. The first-order valence-corrected chi connectivity index (χ1v) is 14.7. The van der Waals surface area contributed by atoms with E-state index in [1.165, 1.54) is 0 Å². The highest BCUT2D eigenvalue weighted by atomic mass is 35.5. The third-order valence-electron chi connectivity index (χ3n) is 7.53. The number of halogens is 6. The number of piperidine rings is 1. The van der Waals surface area contributed by atoms with Crippen molar-refractivity contribution in [2.24, 2.45) is 0 Å². The zero-order valence-electron chi connectivity index (χ0n) is 23.6. The maximum absolute atomic E-state index is 14.5. The Morgan fingerprint density at radius 3 is 2.39 bits per heavy atom. The number of carbonyl (C=O) groups excluding carboxylic acids is 2. The summed E-state index contributed by atoms with van der Waals surface area (Å²) in [6.07, 6.45) is -0.982. The van der Waals surface area contributed by atoms with Gasteiger partial charge in [0.25, 0.3) is 5.91 Å². The van der Waals surface area contributed by atoms with Gasteiger partial charge in [0.15, 0.2) is 5.82 Å². The van der Waals surface area contributed by atoms with E-state index in [-0.39, 0.29) is 27.3 Å². The average Bonchev–Trinajstić information content (AvgIpc) is 3.51. The number of nitrogens with zero attached hydrogens (tertiary/aromatic N) is 4. The van der Waals surface area contributed by atoms with Crippen molar-refractivity contribution in [2.75, 3.05) is 48.3 Å². The molecule has 8 nitrogen and oxygen atoms in total. The molecule has 0 saturated carbocycles. The summed E-state index contributed by atoms with van der Waals surface area (Å²) < 4.78 is 62.3. The Kier molecular flexibility index (Phi) is 9.52. The lowest BCUT2D eigenvalue weighted by molar-refractivity contribution is -0.169. The van der Waals surface area contributed by atoms with Gasteiger partial charge in [-0.1, -0.05) is 23.2 Å². The molecule has 0 aliphatic carbocycles. The second-order valence-electron chi connectivity index (χ2n) is 10.7. The number of anilines is 4. The highest BCUT2D eigenvalue weighted by Gasteiger charge is 2.45. The Balaban J connectivity index is 1.53. The van der Waals surface area contributed by atoms with Crippen molar-refractivity contribution < 1.29 is 31.9 Å². The van der Waals surface area contributed by atoms with Gasteiger partial charge in [0, 0.05) is 50.2 Å². The van der Waals surface area contributed by atoms with Crippen molar-refractivity contribution in [3.63, 3.8) is 0 Å². The number of benzene rings is 2. The third kappa shape index (κ3) is 7.19. The monoisotopic (exact) mass is 653 g/mol. The van der Waals surface area contributed by atoms with Crippen LogP contribution in [-0.4, -0.2) is 67.2 Å². The fourth-order valence-corrected chi connectivity index (χ4v) is 5.72. The number of aromatic nitrogens is 1. The van der Waals surface area contributed by atoms with E-state index in [0.29, 0.717) is 11.8 Å². The van der Waals surface area contributed by atoms with Crippen LogP contribution in [0.1, 0.15) is 36.0 Å². The molecule has 1 aromatic heterocycles. The number of hydrogen-bond donors (Lipinski definition) is 1. The van der Waals surface area contributed by atoms with Crippen LogP contribution >= 0.6 is 23.2 Å². The summed E-state index contributed by atoms with van der Waals surface area (Å²) >= 11 is 12.0. The predicted octanol–water partition coefficient (Wildman–Crippen LogP) is 7.08. The van der Waals surface area contributed by atoms with Gasteiger partial charge in [0.2, 0.25) is 0 Å². The molecule has 0 unspecified atom stereocenters. The van der Waals surface area contributed by atoms with Gasteiger partial charge in [-0.05, 0) is 63.1 Å². The Morgan fingerprint density at radius 1 is 1.02 bits per heavy atom. The fraction of sp³-hybridized carbons (Fsp3) is 0.367. The number of nitrogens with one attached hydrogen (secondary N) is 1. The van der Waals surface area contributed by atoms with Crippen LogP contribution in [0.25, 0.3) is 0 Å². The number of rotatable bonds is 7. The predicted molar refractivity (Wildman–Crippen MR) is 161 cm³/mol. The zero-order chi connectivity index (χ0) is 31.6. The van der Waals surface area contributed by atoms with Crippen molar-refractivity contribution in [1.29, 1.82) is 0 Å². The minimum atomic E-state index is -5.40. The first-order chi connectivity index (χ1) is 20.9. The molecule has 2 saturated heterocycles. The van der Waals surface area contributed by atoms with E-state index in [1.807, 2.05) is 7.05 Å². The quantitative estimate of drug-likeness (QED) is 0.275. The lowest BCUT2D eigenvalue weighted by atomic mass is 10.1. The molecule has 2 aliphatic heterocycles. The molecule has 0 spiro atoms. The van der Waals surface area contributed by atoms with Crippen LogP contribution in [0.5, 0.6) is 5.75 Å². The summed E-state index contributed by atoms with van der Waals surface area (Å²) in [6.45, 7) is 3.37. The minimum absolute atomic E-state index is 0.000411. The number of likely N-dealkylation sites (tertiary alicyclic amines) is 1. The normalized spacial score (nSPS) is 16.2. The number of pyridine rings is 1. The first-order valence-electron chi connectivity index (χ1n) is 14.0. The van der Waals surface area contributed by atoms with Gasteiger partial charge in [0.1, 0.15) is 17.7 Å². The van der Waals surface area contributed by atoms with E-state index >= 15 is 0 Å². The summed E-state index contributed by atoms with van der Waals surface area (Å²) in [4.78, 5) is 34.7. The molecular formula is C30H29Cl2F4N5O3. The maximum atomic E-state index is 14.5. The Labute approximate surface area is 261 Å². The first kappa shape index (κ1) is 31.8. The molecule has 1 N–H and O–H groups in total. The average molecular weight is 654 g/mol. The molecule has 44 heavy (non-hydrogen) atoms. The van der Waals surface area contributed by atoms with E-state index in [2.05, 4.69) is 20.1 Å². The molecule has 234 valence electrons. The molecule has 5 rings (SSSR count). The van der Waals surface area contributed by atoms with Gasteiger partial charge in [-0.15, -0.1) is 0 Å². The van der Waals surface area contributed by atoms with Gasteiger partial charge < -0.3 is 19.9 Å². The molecule has 2 amide bonds. The number of hydrogen-bond acceptors (Lipinski definition) is 6. The van der Waals surface area contributed by atoms with Crippen LogP contribution in [0.3, 0.4) is 0 Å². The SMILES string of the molecule is CN1CCC(Oc2cc(N3CCCC3)ccc2C(=O)Nc2ccc(F)cc2N(C(=O)C(F)(F)F)c2ncc(Cl)cc2Cl)CC1. The second-order valence-corrected chi connectivity index (χ2v) is 11.6. The number of amides is 2. The van der Waals surface area contributed by atoms with Gasteiger partial charge in [-0.3, -0.25) is 14.5 Å². The summed E-state index contributed by atoms with van der Waals surface area (Å²) in [5.74, 6) is -4.44. The Bertz CT molecular complexity index is 1540. The molecule has 14 heteroatoms. The lowest BCUT2D eigenvalue weighted by Crippen LogP contribution is -2.39. The van der Waals surface area contributed by atoms with E-state index in [0.717, 1.165) is 81.9 Å². The van der Waals surface area contributed by atoms with Crippen molar-refractivity contribution in [3.05, 3.63) is 70.1 Å². The van der Waals surface area contributed by atoms with Crippen molar-refractivity contribution in [1.82, 2.24) is 9.88 Å². The van der Waals surface area contributed by atoms with Crippen LogP contribution < -0.4 is 19.9 Å². The van der Waals surface area contributed by atoms with Crippen LogP contribution in [0, 0.1) is 5.82 Å². The molecule has 0 bridgehead atoms. The lowest BCUT2D eigenvalue weighted by Gasteiger charge is -2.30. The van der Waals surface area contributed by atoms with Crippen molar-refractivity contribution in [3.8, 4) is 5.75 Å². The molecule has 2 fully saturated rings. The minimum Gasteiger partial charge on any atom is -0.489 e. The van der Waals surface area contributed by atoms with Crippen molar-refractivity contribution in [2.45, 2.75) is 38.0 Å². The summed E-state index contributed by atoms with van der Waals surface area (Å²) in [6, 6.07) is 8.93. The van der Waals surface area contributed by atoms with Gasteiger partial charge in [0.05, 0.1) is 27.0 Å². The standard InChI is InChI=1S/C30H29Cl2F4N5O3/c1-39-12-8-21(9-13-39)44-26-16-20(40-10-2-3-11-40)5-6-22(26)28(42)38-24-7-4-19(33)15-25(24)41(29(43)30(34,35)36)27-23(32)14-18(31)17-37-27/h4-7,14-17,21H,2-3,8-13H2,1H3,(H,38,42). The second kappa shape index (κ2) is 13.2. The smallest absolute Gasteiger partial charge is 0.472 e. The fourth-order valence-electron chi connectivity index (χ4n) is 5.25. The summed E-state index contributed by atoms with van der Waals surface area (Å²) in [5, 5.41) is 2.15. The van der Waals surface area contributed by atoms with Gasteiger partial charge >= 0.3 is 12.1 Å². The maximum Gasteiger partial charge on any atom is 0.472 e. The highest BCUT2D eigenvalue weighted by Crippen LogP contribution is 2.40. The van der Waals surface area contributed by atoms with E-state index in [4.69, 9.17) is 27.9 Å². The van der Waals surface area contributed by atoms with Crippen LogP contribution in [-0.2, 0) is 4.79 Å². The number of alkyl halides is 3. The molecule has 2 aliphatic rings. The van der Waals surface area contributed by atoms with Crippen LogP contribution in [0.15, 0.2) is 48.7 Å². The van der Waals surface area contributed by atoms with E-state index < -0.39 is 40.3 Å². The molecule has 0 atom stereocenters. The Hall–Kier alpha value is -3.61. The van der Waals surface area contributed by atoms with E-state index in [9.17, 15) is 27.2 Å². The van der Waals surface area contributed by atoms with Gasteiger partial charge in [-0.25, -0.2) is 9.37 Å². The third-order valence-corrected chi connectivity index (χ3v) is 8.02. The van der Waals surface area contributed by atoms with Gasteiger partial charge in [-0.2, -0.15) is 13.2 Å². The highest BCUT2D eigenvalue weighted by molar-refractivity contribution is 6.36. The molecule has 3 aromatic rings. The zero-order valence-corrected chi connectivity index (χ0v) is 25.1. The number of carbonyl (C=O) groups is 2. The summed E-state index contributed by atoms with van der Waals surface area (Å²) in [7, 11) is 2.02. The largest absolute Gasteiger partial charge is 0.489 e. The summed E-state index contributed by atoms with van der Waals surface area (Å²) in [5.41, 5.74) is 0.0768. The topological polar surface area (TPSA) is 78.0 Å². The molecule has 3 heterocycles. The molecule has 0 radical (unpaired) electrons. The van der Waals surface area contributed by atoms with E-state index in [1.54, 1.807) is 18.2 Å². The van der Waals surface area contributed by atoms with Crippen molar-refractivity contribution >= 4 is 57.9 Å². The van der Waals surface area contributed by atoms with Crippen LogP contribution in [0.4, 0.5) is 40.4 Å². The molecule has 2 aromatic carbocycles. The number of ether oxygens (including phenoxy) is 1. The van der Waals surface area contributed by atoms with Crippen LogP contribution in [0.2, 0.25) is 10.0 Å². The molecular weight excluding hydrogens is 625 g/mol.